The van der Waals surface area contributed by atoms with Crippen LogP contribution in [0.4, 0.5) is 11.6 Å². The highest BCUT2D eigenvalue weighted by Crippen LogP contribution is 2.20. The quantitative estimate of drug-likeness (QED) is 0.813. The van der Waals surface area contributed by atoms with Crippen LogP contribution in [0.3, 0.4) is 0 Å². The van der Waals surface area contributed by atoms with E-state index in [4.69, 9.17) is 0 Å². The number of aromatic nitrogens is 2. The molecule has 1 fully saturated rings. The van der Waals surface area contributed by atoms with Crippen molar-refractivity contribution in [2.45, 2.75) is 6.92 Å². The summed E-state index contributed by atoms with van der Waals surface area (Å²) in [6.45, 7) is 6.04. The minimum Gasteiger partial charge on any atom is -0.330 e. The normalized spacial score (nSPS) is 15.3. The van der Waals surface area contributed by atoms with Gasteiger partial charge in [0.05, 0.1) is 26.2 Å². The molecule has 1 saturated heterocycles. The lowest BCUT2D eigenvalue weighted by Gasteiger charge is -2.31. The SMILES string of the molecule is Cc1ccc(NC(=O)C[NH+]2CCN(c3ncccn3)CC2)cc1Br. The molecule has 0 unspecified atom stereocenters. The molecule has 1 aromatic carbocycles. The van der Waals surface area contributed by atoms with Gasteiger partial charge in [0, 0.05) is 22.6 Å². The molecule has 1 aromatic heterocycles. The van der Waals surface area contributed by atoms with Gasteiger partial charge in [-0.3, -0.25) is 4.79 Å². The Kier molecular flexibility index (Phi) is 5.42. The van der Waals surface area contributed by atoms with E-state index in [0.717, 1.165) is 47.9 Å². The zero-order chi connectivity index (χ0) is 16.9. The number of halogens is 1. The van der Waals surface area contributed by atoms with Crippen molar-refractivity contribution in [3.8, 4) is 0 Å². The van der Waals surface area contributed by atoms with Crippen molar-refractivity contribution in [3.63, 3.8) is 0 Å². The molecule has 0 atom stereocenters. The number of anilines is 2. The Morgan fingerprint density at radius 1 is 1.29 bits per heavy atom. The Bertz CT molecular complexity index is 701. The monoisotopic (exact) mass is 390 g/mol. The van der Waals surface area contributed by atoms with Gasteiger partial charge in [0.25, 0.3) is 5.91 Å². The minimum absolute atomic E-state index is 0.0464. The molecular weight excluding hydrogens is 370 g/mol. The first kappa shape index (κ1) is 16.9. The van der Waals surface area contributed by atoms with E-state index in [2.05, 4.69) is 36.1 Å². The second-order valence-electron chi connectivity index (χ2n) is 5.97. The van der Waals surface area contributed by atoms with Crippen molar-refractivity contribution in [1.82, 2.24) is 9.97 Å². The molecule has 126 valence electrons. The van der Waals surface area contributed by atoms with Crippen LogP contribution in [0.1, 0.15) is 5.56 Å². The fourth-order valence-corrected chi connectivity index (χ4v) is 3.14. The number of hydrogen-bond acceptors (Lipinski definition) is 4. The summed E-state index contributed by atoms with van der Waals surface area (Å²) in [5, 5.41) is 2.97. The van der Waals surface area contributed by atoms with Crippen LogP contribution in [0.2, 0.25) is 0 Å². The van der Waals surface area contributed by atoms with Crippen LogP contribution in [-0.2, 0) is 4.79 Å². The molecule has 1 aliphatic heterocycles. The number of nitrogens with zero attached hydrogens (tertiary/aromatic N) is 3. The number of benzene rings is 1. The van der Waals surface area contributed by atoms with Gasteiger partial charge in [-0.15, -0.1) is 0 Å². The van der Waals surface area contributed by atoms with Crippen LogP contribution < -0.4 is 15.1 Å². The van der Waals surface area contributed by atoms with Crippen LogP contribution in [-0.4, -0.2) is 48.6 Å². The van der Waals surface area contributed by atoms with Gasteiger partial charge in [-0.05, 0) is 30.7 Å². The zero-order valence-electron chi connectivity index (χ0n) is 13.6. The lowest BCUT2D eigenvalue weighted by Crippen LogP contribution is -3.15. The van der Waals surface area contributed by atoms with Crippen LogP contribution in [0.5, 0.6) is 0 Å². The second kappa shape index (κ2) is 7.72. The molecule has 6 nitrogen and oxygen atoms in total. The maximum atomic E-state index is 12.2. The molecule has 0 saturated carbocycles. The first-order valence-electron chi connectivity index (χ1n) is 8.03. The highest BCUT2D eigenvalue weighted by Gasteiger charge is 2.23. The van der Waals surface area contributed by atoms with Gasteiger partial charge >= 0.3 is 0 Å². The number of hydrogen-bond donors (Lipinski definition) is 2. The lowest BCUT2D eigenvalue weighted by molar-refractivity contribution is -0.892. The molecule has 0 bridgehead atoms. The molecule has 1 aliphatic rings. The summed E-state index contributed by atoms with van der Waals surface area (Å²) >= 11 is 3.49. The van der Waals surface area contributed by atoms with Gasteiger partial charge < -0.3 is 15.1 Å². The molecule has 1 amide bonds. The number of aryl methyl sites for hydroxylation is 1. The number of amides is 1. The van der Waals surface area contributed by atoms with Crippen molar-refractivity contribution < 1.29 is 9.69 Å². The molecule has 2 N–H and O–H groups in total. The highest BCUT2D eigenvalue weighted by molar-refractivity contribution is 9.10. The van der Waals surface area contributed by atoms with Crippen molar-refractivity contribution in [3.05, 3.63) is 46.7 Å². The lowest BCUT2D eigenvalue weighted by atomic mass is 10.2. The number of quaternary nitrogens is 1. The van der Waals surface area contributed by atoms with Gasteiger partial charge in [0.2, 0.25) is 5.95 Å². The summed E-state index contributed by atoms with van der Waals surface area (Å²) < 4.78 is 1.00. The largest absolute Gasteiger partial charge is 0.330 e. The van der Waals surface area contributed by atoms with Crippen LogP contribution >= 0.6 is 15.9 Å². The summed E-state index contributed by atoms with van der Waals surface area (Å²) in [6, 6.07) is 7.68. The Morgan fingerprint density at radius 3 is 2.67 bits per heavy atom. The van der Waals surface area contributed by atoms with Gasteiger partial charge in [-0.1, -0.05) is 22.0 Å². The molecule has 0 radical (unpaired) electrons. The first-order chi connectivity index (χ1) is 11.6. The third-order valence-electron chi connectivity index (χ3n) is 4.17. The van der Waals surface area contributed by atoms with Crippen molar-refractivity contribution in [1.29, 1.82) is 0 Å². The molecule has 24 heavy (non-hydrogen) atoms. The predicted octanol–water partition coefficient (Wildman–Crippen LogP) is 0.891. The molecule has 7 heteroatoms. The molecule has 0 aliphatic carbocycles. The number of piperazine rings is 1. The van der Waals surface area contributed by atoms with Crippen molar-refractivity contribution in [2.75, 3.05) is 42.9 Å². The van der Waals surface area contributed by atoms with Gasteiger partial charge in [-0.2, -0.15) is 0 Å². The topological polar surface area (TPSA) is 62.6 Å². The first-order valence-corrected chi connectivity index (χ1v) is 8.82. The van der Waals surface area contributed by atoms with E-state index >= 15 is 0 Å². The zero-order valence-corrected chi connectivity index (χ0v) is 15.2. The van der Waals surface area contributed by atoms with Crippen LogP contribution in [0.15, 0.2) is 41.1 Å². The average Bonchev–Trinajstić information content (AvgIpc) is 2.59. The average molecular weight is 391 g/mol. The van der Waals surface area contributed by atoms with E-state index in [1.807, 2.05) is 31.2 Å². The van der Waals surface area contributed by atoms with E-state index in [0.29, 0.717) is 6.54 Å². The minimum atomic E-state index is 0.0464. The fraction of sp³-hybridized carbons (Fsp3) is 0.353. The molecule has 0 spiro atoms. The van der Waals surface area contributed by atoms with Crippen molar-refractivity contribution in [2.24, 2.45) is 0 Å². The molecule has 2 heterocycles. The van der Waals surface area contributed by atoms with E-state index in [9.17, 15) is 4.79 Å². The fourth-order valence-electron chi connectivity index (χ4n) is 2.76. The summed E-state index contributed by atoms with van der Waals surface area (Å²) in [7, 11) is 0. The summed E-state index contributed by atoms with van der Waals surface area (Å²) in [4.78, 5) is 24.3. The smallest absolute Gasteiger partial charge is 0.279 e. The maximum absolute atomic E-state index is 12.2. The number of carbonyl (C=O) groups excluding carboxylic acids is 1. The summed E-state index contributed by atoms with van der Waals surface area (Å²) in [6.07, 6.45) is 3.52. The van der Waals surface area contributed by atoms with E-state index < -0.39 is 0 Å². The van der Waals surface area contributed by atoms with Crippen molar-refractivity contribution >= 4 is 33.5 Å². The number of rotatable bonds is 4. The molecular formula is C17H21BrN5O+. The summed E-state index contributed by atoms with van der Waals surface area (Å²) in [5.74, 6) is 0.815. The van der Waals surface area contributed by atoms with E-state index in [-0.39, 0.29) is 5.91 Å². The standard InChI is InChI=1S/C17H20BrN5O/c1-13-3-4-14(11-15(13)18)21-16(24)12-22-7-9-23(10-8-22)17-19-5-2-6-20-17/h2-6,11H,7-10,12H2,1H3,(H,21,24)/p+1. The van der Waals surface area contributed by atoms with Gasteiger partial charge in [-0.25, -0.2) is 9.97 Å². The Balaban J connectivity index is 1.49. The highest BCUT2D eigenvalue weighted by atomic mass is 79.9. The summed E-state index contributed by atoms with van der Waals surface area (Å²) in [5.41, 5.74) is 1.98. The van der Waals surface area contributed by atoms with Gasteiger partial charge in [0.1, 0.15) is 0 Å². The molecule has 3 rings (SSSR count). The number of nitrogens with one attached hydrogen (secondary N) is 2. The van der Waals surface area contributed by atoms with Gasteiger partial charge in [0.15, 0.2) is 6.54 Å². The van der Waals surface area contributed by atoms with Crippen LogP contribution in [0, 0.1) is 6.92 Å². The Hall–Kier alpha value is -1.99. The van der Waals surface area contributed by atoms with Crippen LogP contribution in [0.25, 0.3) is 0 Å². The van der Waals surface area contributed by atoms with E-state index in [1.54, 1.807) is 12.4 Å². The third-order valence-corrected chi connectivity index (χ3v) is 5.03. The number of carbonyl (C=O) groups is 1. The predicted molar refractivity (Wildman–Crippen MR) is 97.3 cm³/mol. The third kappa shape index (κ3) is 4.30. The second-order valence-corrected chi connectivity index (χ2v) is 6.83. The van der Waals surface area contributed by atoms with E-state index in [1.165, 1.54) is 4.90 Å². The maximum Gasteiger partial charge on any atom is 0.279 e. The Labute approximate surface area is 150 Å². The molecule has 2 aromatic rings. The Morgan fingerprint density at radius 2 is 2.00 bits per heavy atom.